The number of nitrogens with zero attached hydrogens (tertiary/aromatic N) is 5. The molecule has 0 spiro atoms. The highest BCUT2D eigenvalue weighted by Gasteiger charge is 2.39. The minimum atomic E-state index is -0.950. The van der Waals surface area contributed by atoms with Gasteiger partial charge in [-0.2, -0.15) is 0 Å². The van der Waals surface area contributed by atoms with Crippen LogP contribution in [0, 0.1) is 0 Å². The van der Waals surface area contributed by atoms with Crippen LogP contribution in [0.3, 0.4) is 0 Å². The fourth-order valence-corrected chi connectivity index (χ4v) is 8.62. The molecule has 0 bridgehead atoms. The zero-order valence-corrected chi connectivity index (χ0v) is 31.7. The lowest BCUT2D eigenvalue weighted by molar-refractivity contribution is -0.121. The molecule has 2 atom stereocenters. The summed E-state index contributed by atoms with van der Waals surface area (Å²) in [4.78, 5) is 71.6. The standard InChI is InChI=1S/C43H32N8O4S2/c44-32-6-3-5-29(21-32)37(39(53)48-42-46-18-19-56-42)51-23-31-20-28(12-13-34(31)41(51)55)25-8-10-27(11-9-25)36(50-22-30-4-1-2-7-33(30)40(50)54)38(52)49-43-47-35(24-57-43)26-14-16-45-17-15-26/h1-21,24,36-37H,22-23,44H2,(H,46,48,53)(H,47,49,52)/t36-,37-/m1/s1. The number of anilines is 3. The van der Waals surface area contributed by atoms with Crippen molar-refractivity contribution in [2.45, 2.75) is 25.2 Å². The van der Waals surface area contributed by atoms with Gasteiger partial charge >= 0.3 is 0 Å². The first-order chi connectivity index (χ1) is 27.8. The Kier molecular flexibility index (Phi) is 9.32. The summed E-state index contributed by atoms with van der Waals surface area (Å²) in [5.41, 5.74) is 13.8. The van der Waals surface area contributed by atoms with Crippen molar-refractivity contribution in [1.82, 2.24) is 24.8 Å². The first-order valence-electron chi connectivity index (χ1n) is 18.0. The van der Waals surface area contributed by atoms with E-state index in [0.29, 0.717) is 43.9 Å². The second-order valence-corrected chi connectivity index (χ2v) is 15.3. The Hall–Kier alpha value is -7.03. The number of carbonyl (C=O) groups is 4. The largest absolute Gasteiger partial charge is 0.399 e. The van der Waals surface area contributed by atoms with E-state index in [1.165, 1.54) is 22.7 Å². The molecule has 0 radical (unpaired) electrons. The number of hydrogen-bond acceptors (Lipinski definition) is 10. The Morgan fingerprint density at radius 3 is 2.05 bits per heavy atom. The number of amides is 4. The summed E-state index contributed by atoms with van der Waals surface area (Å²) in [5.74, 6) is -1.28. The number of benzene rings is 4. The fraction of sp³-hybridized carbons (Fsp3) is 0.0930. The summed E-state index contributed by atoms with van der Waals surface area (Å²) >= 11 is 2.59. The molecule has 4 N–H and O–H groups in total. The van der Waals surface area contributed by atoms with Gasteiger partial charge in [0.15, 0.2) is 10.3 Å². The normalized spacial score (nSPS) is 14.2. The smallest absolute Gasteiger partial charge is 0.255 e. The first kappa shape index (κ1) is 35.7. The molecule has 3 aromatic heterocycles. The van der Waals surface area contributed by atoms with Crippen molar-refractivity contribution in [1.29, 1.82) is 0 Å². The summed E-state index contributed by atoms with van der Waals surface area (Å²) in [6, 6.07) is 29.3. The van der Waals surface area contributed by atoms with Crippen molar-refractivity contribution < 1.29 is 19.2 Å². The topological polar surface area (TPSA) is 164 Å². The highest BCUT2D eigenvalue weighted by atomic mass is 32.1. The van der Waals surface area contributed by atoms with E-state index in [-0.39, 0.29) is 30.8 Å². The van der Waals surface area contributed by atoms with Crippen LogP contribution in [-0.4, -0.2) is 48.4 Å². The molecule has 9 rings (SSSR count). The molecule has 14 heteroatoms. The van der Waals surface area contributed by atoms with E-state index in [1.54, 1.807) is 70.2 Å². The van der Waals surface area contributed by atoms with Gasteiger partial charge in [-0.25, -0.2) is 9.97 Å². The van der Waals surface area contributed by atoms with E-state index in [1.807, 2.05) is 72.1 Å². The van der Waals surface area contributed by atoms with Gasteiger partial charge in [-0.1, -0.05) is 60.7 Å². The SMILES string of the molecule is Nc1cccc([C@H](C(=O)Nc2nccs2)N2Cc3cc(-c4ccc([C@H](C(=O)Nc5nc(-c6ccncc6)cs5)N5Cc6ccccc6C5=O)cc4)ccc3C2=O)c1. The number of hydrogen-bond donors (Lipinski definition) is 3. The van der Waals surface area contributed by atoms with Crippen molar-refractivity contribution in [2.24, 2.45) is 0 Å². The van der Waals surface area contributed by atoms with Crippen LogP contribution in [0.2, 0.25) is 0 Å². The average molecular weight is 789 g/mol. The van der Waals surface area contributed by atoms with E-state index < -0.39 is 18.0 Å². The summed E-state index contributed by atoms with van der Waals surface area (Å²) in [6.45, 7) is 0.479. The van der Waals surface area contributed by atoms with Gasteiger partial charge < -0.3 is 15.5 Å². The number of nitrogens with one attached hydrogen (secondary N) is 2. The van der Waals surface area contributed by atoms with Crippen molar-refractivity contribution in [3.63, 3.8) is 0 Å². The Balaban J connectivity index is 0.989. The second-order valence-electron chi connectivity index (χ2n) is 13.6. The third-order valence-corrected chi connectivity index (χ3v) is 11.5. The van der Waals surface area contributed by atoms with Gasteiger partial charge in [0.25, 0.3) is 23.6 Å². The highest BCUT2D eigenvalue weighted by Crippen LogP contribution is 2.37. The zero-order chi connectivity index (χ0) is 39.0. The molecule has 280 valence electrons. The third kappa shape index (κ3) is 6.92. The van der Waals surface area contributed by atoms with Gasteiger partial charge in [-0.3, -0.25) is 34.8 Å². The minimum Gasteiger partial charge on any atom is -0.399 e. The van der Waals surface area contributed by atoms with Crippen molar-refractivity contribution in [3.05, 3.63) is 166 Å². The minimum absolute atomic E-state index is 0.199. The summed E-state index contributed by atoms with van der Waals surface area (Å²) in [6.07, 6.45) is 4.97. The molecule has 0 unspecified atom stereocenters. The summed E-state index contributed by atoms with van der Waals surface area (Å²) in [7, 11) is 0. The number of carbonyl (C=O) groups excluding carboxylic acids is 4. The van der Waals surface area contributed by atoms with Crippen LogP contribution in [-0.2, 0) is 22.7 Å². The predicted octanol–water partition coefficient (Wildman–Crippen LogP) is 7.58. The first-order valence-corrected chi connectivity index (χ1v) is 19.7. The molecule has 2 aliphatic rings. The number of thiazole rings is 2. The molecule has 0 saturated carbocycles. The van der Waals surface area contributed by atoms with Crippen LogP contribution in [0.15, 0.2) is 132 Å². The Bertz CT molecular complexity index is 2670. The lowest BCUT2D eigenvalue weighted by atomic mass is 9.97. The molecule has 0 aliphatic carbocycles. The van der Waals surface area contributed by atoms with Crippen molar-refractivity contribution >= 4 is 62.3 Å². The number of pyridine rings is 1. The van der Waals surface area contributed by atoms with Crippen LogP contribution >= 0.6 is 22.7 Å². The molecule has 5 heterocycles. The van der Waals surface area contributed by atoms with Crippen LogP contribution < -0.4 is 16.4 Å². The molecule has 0 fully saturated rings. The zero-order valence-electron chi connectivity index (χ0n) is 30.0. The fourth-order valence-electron chi connectivity index (χ4n) is 7.37. The lowest BCUT2D eigenvalue weighted by Gasteiger charge is -2.27. The van der Waals surface area contributed by atoms with E-state index in [2.05, 4.69) is 25.6 Å². The number of rotatable bonds is 10. The van der Waals surface area contributed by atoms with Crippen LogP contribution in [0.4, 0.5) is 16.0 Å². The van der Waals surface area contributed by atoms with E-state index in [9.17, 15) is 19.2 Å². The van der Waals surface area contributed by atoms with Crippen LogP contribution in [0.25, 0.3) is 22.4 Å². The number of nitrogen functional groups attached to an aromatic ring is 1. The number of nitrogens with two attached hydrogens (primary N) is 1. The molecule has 12 nitrogen and oxygen atoms in total. The van der Waals surface area contributed by atoms with Gasteiger partial charge in [-0.05, 0) is 75.8 Å². The van der Waals surface area contributed by atoms with Crippen molar-refractivity contribution in [2.75, 3.05) is 16.4 Å². The van der Waals surface area contributed by atoms with E-state index in [0.717, 1.165) is 27.8 Å². The molecule has 4 aromatic carbocycles. The molecular formula is C43H32N8O4S2. The Morgan fingerprint density at radius 2 is 1.33 bits per heavy atom. The Labute approximate surface area is 334 Å². The number of aromatic nitrogens is 3. The third-order valence-electron chi connectivity index (χ3n) is 10.1. The van der Waals surface area contributed by atoms with Crippen LogP contribution in [0.5, 0.6) is 0 Å². The summed E-state index contributed by atoms with van der Waals surface area (Å²) < 4.78 is 0. The molecule has 7 aromatic rings. The maximum Gasteiger partial charge on any atom is 0.255 e. The van der Waals surface area contributed by atoms with Crippen molar-refractivity contribution in [3.8, 4) is 22.4 Å². The monoisotopic (exact) mass is 788 g/mol. The molecule has 2 aliphatic heterocycles. The van der Waals surface area contributed by atoms with Gasteiger partial charge in [0.1, 0.15) is 12.1 Å². The molecule has 4 amide bonds. The predicted molar refractivity (Wildman–Crippen MR) is 219 cm³/mol. The van der Waals surface area contributed by atoms with Gasteiger partial charge in [0.2, 0.25) is 0 Å². The van der Waals surface area contributed by atoms with Gasteiger partial charge in [0.05, 0.1) is 5.69 Å². The average Bonchev–Trinajstić information content (AvgIpc) is 4.04. The van der Waals surface area contributed by atoms with E-state index >= 15 is 0 Å². The van der Waals surface area contributed by atoms with Gasteiger partial charge in [-0.15, -0.1) is 22.7 Å². The summed E-state index contributed by atoms with van der Waals surface area (Å²) in [5, 5.41) is 10.3. The molecule has 57 heavy (non-hydrogen) atoms. The molecular weight excluding hydrogens is 757 g/mol. The highest BCUT2D eigenvalue weighted by molar-refractivity contribution is 7.14. The second kappa shape index (κ2) is 14.9. The van der Waals surface area contributed by atoms with Crippen LogP contribution in [0.1, 0.15) is 55.1 Å². The number of fused-ring (bicyclic) bond motifs is 2. The van der Waals surface area contributed by atoms with Gasteiger partial charge in [0, 0.05) is 64.8 Å². The maximum absolute atomic E-state index is 14.2. The molecule has 0 saturated heterocycles. The van der Waals surface area contributed by atoms with E-state index in [4.69, 9.17) is 5.73 Å². The maximum atomic E-state index is 14.2. The Morgan fingerprint density at radius 1 is 0.649 bits per heavy atom. The lowest BCUT2D eigenvalue weighted by Crippen LogP contribution is -2.37. The quantitative estimate of drug-likeness (QED) is 0.120.